The molecule has 0 aromatic heterocycles. The van der Waals surface area contributed by atoms with Crippen LogP contribution in [0.15, 0.2) is 5.11 Å². The quantitative estimate of drug-likeness (QED) is 0.339. The molecule has 8 nitrogen and oxygen atoms in total. The fraction of sp³-hybridized carbons (Fsp3) is 0.778. The Morgan fingerprint density at radius 3 is 3.18 bits per heavy atom. The van der Waals surface area contributed by atoms with E-state index in [4.69, 9.17) is 15.0 Å². The number of hydrogen-bond donors (Lipinski definition) is 1. The summed E-state index contributed by atoms with van der Waals surface area (Å²) in [7, 11) is 0. The van der Waals surface area contributed by atoms with Crippen LogP contribution in [0, 0.1) is 5.92 Å². The highest BCUT2D eigenvalue weighted by Crippen LogP contribution is 2.35. The van der Waals surface area contributed by atoms with E-state index in [2.05, 4.69) is 15.3 Å². The third-order valence-electron chi connectivity index (χ3n) is 2.98. The molecule has 0 unspecified atom stereocenters. The number of carbonyl (C=O) groups excluding carboxylic acids is 2. The van der Waals surface area contributed by atoms with Gasteiger partial charge in [0.05, 0.1) is 24.6 Å². The Morgan fingerprint density at radius 1 is 1.76 bits per heavy atom. The Bertz CT molecular complexity index is 392. The van der Waals surface area contributed by atoms with Crippen molar-refractivity contribution in [2.45, 2.75) is 31.5 Å². The first-order valence-electron chi connectivity index (χ1n) is 5.35. The van der Waals surface area contributed by atoms with Gasteiger partial charge in [-0.05, 0) is 18.9 Å². The summed E-state index contributed by atoms with van der Waals surface area (Å²) in [4.78, 5) is 25.5. The lowest BCUT2D eigenvalue weighted by molar-refractivity contribution is -0.148. The Morgan fingerprint density at radius 2 is 2.53 bits per heavy atom. The zero-order chi connectivity index (χ0) is 12.4. The maximum atomic E-state index is 11.7. The van der Waals surface area contributed by atoms with Gasteiger partial charge in [-0.3, -0.25) is 4.79 Å². The van der Waals surface area contributed by atoms with Gasteiger partial charge in [0.1, 0.15) is 6.10 Å². The van der Waals surface area contributed by atoms with Crippen molar-refractivity contribution in [1.29, 1.82) is 0 Å². The number of esters is 1. The van der Waals surface area contributed by atoms with Crippen LogP contribution in [-0.2, 0) is 14.3 Å². The third-order valence-corrected chi connectivity index (χ3v) is 2.98. The van der Waals surface area contributed by atoms with Gasteiger partial charge in [0.2, 0.25) is 0 Å². The van der Waals surface area contributed by atoms with Crippen molar-refractivity contribution in [3.63, 3.8) is 0 Å². The number of alkyl carbamates (subject to hydrolysis) is 1. The molecule has 17 heavy (non-hydrogen) atoms. The molecule has 0 aromatic rings. The van der Waals surface area contributed by atoms with Crippen molar-refractivity contribution >= 4 is 12.1 Å². The summed E-state index contributed by atoms with van der Waals surface area (Å²) >= 11 is 0. The molecule has 0 aromatic carbocycles. The predicted molar refractivity (Wildman–Crippen MR) is 54.9 cm³/mol. The molecule has 1 heterocycles. The number of carbonyl (C=O) groups is 2. The maximum absolute atomic E-state index is 11.7. The molecular weight excluding hydrogens is 228 g/mol. The lowest BCUT2D eigenvalue weighted by Crippen LogP contribution is -2.38. The smallest absolute Gasteiger partial charge is 0.407 e. The van der Waals surface area contributed by atoms with Crippen molar-refractivity contribution in [3.05, 3.63) is 10.4 Å². The minimum absolute atomic E-state index is 0.272. The standard InChI is InChI=1S/C9H12N4O4/c1-2-16-8(14)4-3-5(12-13-10)7-6(4)11-9(15)17-7/h4-7H,2-3H2,1H3,(H,11,15)/t4-,5-,6-,7+/m1/s1. The summed E-state index contributed by atoms with van der Waals surface area (Å²) in [6.45, 7) is 1.98. The van der Waals surface area contributed by atoms with E-state index in [1.54, 1.807) is 6.92 Å². The van der Waals surface area contributed by atoms with Gasteiger partial charge in [0.15, 0.2) is 0 Å². The van der Waals surface area contributed by atoms with Crippen molar-refractivity contribution < 1.29 is 19.1 Å². The SMILES string of the molecule is CCOC(=O)[C@@H]1C[C@@H](N=[N+]=[N-])[C@@H]2OC(=O)N[C@@H]21. The van der Waals surface area contributed by atoms with Gasteiger partial charge in [-0.25, -0.2) is 4.79 Å². The van der Waals surface area contributed by atoms with E-state index >= 15 is 0 Å². The molecule has 0 bridgehead atoms. The van der Waals surface area contributed by atoms with E-state index in [0.29, 0.717) is 6.42 Å². The highest BCUT2D eigenvalue weighted by molar-refractivity contribution is 5.78. The second kappa shape index (κ2) is 4.50. The largest absolute Gasteiger partial charge is 0.466 e. The van der Waals surface area contributed by atoms with Crippen LogP contribution in [0.2, 0.25) is 0 Å². The predicted octanol–water partition coefficient (Wildman–Crippen LogP) is 0.725. The number of nitrogens with one attached hydrogen (secondary N) is 1. The van der Waals surface area contributed by atoms with Gasteiger partial charge in [-0.15, -0.1) is 0 Å². The summed E-state index contributed by atoms with van der Waals surface area (Å²) in [5.74, 6) is -0.911. The molecule has 1 aliphatic heterocycles. The van der Waals surface area contributed by atoms with Crippen LogP contribution in [-0.4, -0.2) is 36.9 Å². The van der Waals surface area contributed by atoms with E-state index in [0.717, 1.165) is 0 Å². The second-order valence-corrected chi connectivity index (χ2v) is 3.91. The lowest BCUT2D eigenvalue weighted by atomic mass is 10.0. The summed E-state index contributed by atoms with van der Waals surface area (Å²) < 4.78 is 9.90. The zero-order valence-corrected chi connectivity index (χ0v) is 9.20. The molecule has 1 N–H and O–H groups in total. The van der Waals surface area contributed by atoms with Crippen LogP contribution < -0.4 is 5.32 Å². The van der Waals surface area contributed by atoms with Gasteiger partial charge in [-0.1, -0.05) is 5.11 Å². The van der Waals surface area contributed by atoms with Crippen molar-refractivity contribution in [2.24, 2.45) is 11.0 Å². The topological polar surface area (TPSA) is 113 Å². The molecule has 2 aliphatic rings. The first kappa shape index (κ1) is 11.5. The van der Waals surface area contributed by atoms with E-state index in [1.807, 2.05) is 0 Å². The van der Waals surface area contributed by atoms with Gasteiger partial charge in [-0.2, -0.15) is 0 Å². The Labute approximate surface area is 96.9 Å². The van der Waals surface area contributed by atoms with Crippen LogP contribution in [0.4, 0.5) is 4.79 Å². The number of hydrogen-bond acceptors (Lipinski definition) is 5. The molecule has 2 fully saturated rings. The number of azide groups is 1. The molecule has 92 valence electrons. The van der Waals surface area contributed by atoms with E-state index in [1.165, 1.54) is 0 Å². The first-order valence-corrected chi connectivity index (χ1v) is 5.35. The van der Waals surface area contributed by atoms with Gasteiger partial charge in [0.25, 0.3) is 0 Å². The fourth-order valence-electron chi connectivity index (χ4n) is 2.31. The fourth-order valence-corrected chi connectivity index (χ4v) is 2.31. The molecule has 2 rings (SSSR count). The van der Waals surface area contributed by atoms with Crippen LogP contribution in [0.1, 0.15) is 13.3 Å². The molecular formula is C9H12N4O4. The molecule has 1 aliphatic carbocycles. The highest BCUT2D eigenvalue weighted by Gasteiger charge is 2.53. The van der Waals surface area contributed by atoms with Crippen LogP contribution >= 0.6 is 0 Å². The van der Waals surface area contributed by atoms with Crippen molar-refractivity contribution in [3.8, 4) is 0 Å². The normalized spacial score (nSPS) is 34.3. The lowest BCUT2D eigenvalue weighted by Gasteiger charge is -2.14. The monoisotopic (exact) mass is 240 g/mol. The van der Waals surface area contributed by atoms with Crippen LogP contribution in [0.5, 0.6) is 0 Å². The number of rotatable bonds is 3. The Hall–Kier alpha value is -1.95. The average Bonchev–Trinajstić information content (AvgIpc) is 2.78. The van der Waals surface area contributed by atoms with Crippen LogP contribution in [0.25, 0.3) is 10.4 Å². The average molecular weight is 240 g/mol. The number of fused-ring (bicyclic) bond motifs is 1. The van der Waals surface area contributed by atoms with Crippen LogP contribution in [0.3, 0.4) is 0 Å². The molecule has 8 heteroatoms. The minimum atomic E-state index is -0.591. The number of ether oxygens (including phenoxy) is 2. The Balaban J connectivity index is 2.16. The highest BCUT2D eigenvalue weighted by atomic mass is 16.6. The van der Waals surface area contributed by atoms with E-state index < -0.39 is 36.2 Å². The summed E-state index contributed by atoms with van der Waals surface area (Å²) in [5, 5.41) is 6.10. The molecule has 1 saturated carbocycles. The van der Waals surface area contributed by atoms with E-state index in [9.17, 15) is 9.59 Å². The van der Waals surface area contributed by atoms with Gasteiger partial charge < -0.3 is 14.8 Å². The summed E-state index contributed by atoms with van der Waals surface area (Å²) in [6, 6.07) is -0.976. The summed E-state index contributed by atoms with van der Waals surface area (Å²) in [5.41, 5.74) is 8.42. The molecule has 0 radical (unpaired) electrons. The molecule has 1 saturated heterocycles. The third kappa shape index (κ3) is 1.99. The Kier molecular flexibility index (Phi) is 3.06. The second-order valence-electron chi connectivity index (χ2n) is 3.91. The number of nitrogens with zero attached hydrogens (tertiary/aromatic N) is 3. The molecule has 4 atom stereocenters. The van der Waals surface area contributed by atoms with Crippen molar-refractivity contribution in [1.82, 2.24) is 5.32 Å². The van der Waals surface area contributed by atoms with E-state index in [-0.39, 0.29) is 6.61 Å². The molecule has 1 amide bonds. The maximum Gasteiger partial charge on any atom is 0.407 e. The zero-order valence-electron chi connectivity index (χ0n) is 9.20. The van der Waals surface area contributed by atoms with Crippen molar-refractivity contribution in [2.75, 3.05) is 6.61 Å². The number of amides is 1. The summed E-state index contributed by atoms with van der Waals surface area (Å²) in [6.07, 6.45) is -0.835. The molecule has 0 spiro atoms. The minimum Gasteiger partial charge on any atom is -0.466 e. The first-order chi connectivity index (χ1) is 8.17. The van der Waals surface area contributed by atoms with Gasteiger partial charge >= 0.3 is 12.1 Å². The van der Waals surface area contributed by atoms with Gasteiger partial charge in [0, 0.05) is 4.91 Å².